The van der Waals surface area contributed by atoms with Crippen LogP contribution in [0.3, 0.4) is 0 Å². The van der Waals surface area contributed by atoms with Crippen molar-refractivity contribution in [2.45, 2.75) is 63.1 Å². The molecule has 3 aromatic heterocycles. The van der Waals surface area contributed by atoms with Crippen LogP contribution in [0.15, 0.2) is 71.4 Å². The van der Waals surface area contributed by atoms with E-state index in [1.165, 1.54) is 30.4 Å². The largest absolute Gasteiger partial charge is 0.458 e. The average molecular weight is 668 g/mol. The van der Waals surface area contributed by atoms with Crippen molar-refractivity contribution in [2.24, 2.45) is 0 Å². The van der Waals surface area contributed by atoms with Crippen LogP contribution < -0.4 is 10.6 Å². The van der Waals surface area contributed by atoms with Crippen molar-refractivity contribution in [3.8, 4) is 0 Å². The molecular weight excluding hydrogens is 626 g/mol. The number of aromatic nitrogens is 6. The Bertz CT molecular complexity index is 1770. The van der Waals surface area contributed by atoms with E-state index >= 15 is 0 Å². The molecule has 0 spiro atoms. The molecule has 0 bridgehead atoms. The quantitative estimate of drug-likeness (QED) is 0.145. The normalized spacial score (nSPS) is 21.3. The minimum atomic E-state index is -1.29. The van der Waals surface area contributed by atoms with E-state index in [2.05, 4.69) is 55.0 Å². The lowest BCUT2D eigenvalue weighted by Gasteiger charge is -2.26. The van der Waals surface area contributed by atoms with Crippen LogP contribution >= 0.6 is 0 Å². The number of rotatable bonds is 14. The lowest BCUT2D eigenvalue weighted by molar-refractivity contribution is -0.140. The molecule has 4 atom stereocenters. The summed E-state index contributed by atoms with van der Waals surface area (Å²) in [5.74, 6) is 1.51. The van der Waals surface area contributed by atoms with Crippen molar-refractivity contribution in [3.05, 3.63) is 89.9 Å². The van der Waals surface area contributed by atoms with E-state index in [4.69, 9.17) is 23.9 Å². The maximum atomic E-state index is 11.5. The smallest absolute Gasteiger partial charge is 0.293 e. The van der Waals surface area contributed by atoms with Crippen molar-refractivity contribution in [1.29, 1.82) is 0 Å². The lowest BCUT2D eigenvalue weighted by Crippen LogP contribution is -2.34. The van der Waals surface area contributed by atoms with Crippen LogP contribution in [0.1, 0.15) is 67.3 Å². The number of aliphatic hydroxyl groups excluding tert-OH is 1. The van der Waals surface area contributed by atoms with E-state index in [0.29, 0.717) is 48.3 Å². The predicted octanol–water partition coefficient (Wildman–Crippen LogP) is 4.09. The van der Waals surface area contributed by atoms with Crippen LogP contribution in [0, 0.1) is 0 Å². The van der Waals surface area contributed by atoms with Gasteiger partial charge in [0.1, 0.15) is 6.10 Å². The van der Waals surface area contributed by atoms with Crippen LogP contribution in [0.2, 0.25) is 0 Å². The number of carbonyl (C=O) groups is 1. The molecule has 5 aromatic rings. The number of imidazole rings is 1. The van der Waals surface area contributed by atoms with Crippen LogP contribution in [-0.2, 0) is 20.7 Å². The third kappa shape index (κ3) is 7.12. The van der Waals surface area contributed by atoms with Gasteiger partial charge in [-0.1, -0.05) is 74.0 Å². The van der Waals surface area contributed by atoms with Crippen LogP contribution in [-0.4, -0.2) is 91.1 Å². The van der Waals surface area contributed by atoms with E-state index in [-0.39, 0.29) is 18.3 Å². The Hall–Kier alpha value is -4.92. The highest BCUT2D eigenvalue weighted by molar-refractivity contribution is 5.84. The number of aliphatic hydroxyl groups is 1. The van der Waals surface area contributed by atoms with Gasteiger partial charge in [0.15, 0.2) is 35.4 Å². The van der Waals surface area contributed by atoms with Gasteiger partial charge < -0.3 is 34.5 Å². The summed E-state index contributed by atoms with van der Waals surface area (Å²) in [4.78, 5) is 28.3. The molecule has 2 aliphatic rings. The van der Waals surface area contributed by atoms with E-state index in [9.17, 15) is 9.90 Å². The first kappa shape index (κ1) is 32.6. The molecular formula is C35H41N9O5. The third-order valence-electron chi connectivity index (χ3n) is 9.19. The number of aryl methyl sites for hydroxylation is 1. The Balaban J connectivity index is 1.21. The fraction of sp³-hybridized carbons (Fsp3) is 0.429. The molecule has 256 valence electrons. The summed E-state index contributed by atoms with van der Waals surface area (Å²) in [6.45, 7) is 6.40. The van der Waals surface area contributed by atoms with Crippen molar-refractivity contribution >= 4 is 29.4 Å². The molecule has 5 heterocycles. The first-order valence-corrected chi connectivity index (χ1v) is 16.9. The molecule has 0 unspecified atom stereocenters. The number of benzene rings is 2. The Morgan fingerprint density at radius 2 is 1.73 bits per heavy atom. The number of nitrogens with zero attached hydrogens (tertiary/aromatic N) is 7. The Morgan fingerprint density at radius 3 is 2.41 bits per heavy atom. The molecule has 14 nitrogen and oxygen atoms in total. The van der Waals surface area contributed by atoms with Crippen LogP contribution in [0.25, 0.3) is 11.2 Å². The second kappa shape index (κ2) is 15.1. The highest BCUT2D eigenvalue weighted by atomic mass is 16.6. The Labute approximate surface area is 283 Å². The Morgan fingerprint density at radius 1 is 1.00 bits per heavy atom. The van der Waals surface area contributed by atoms with Crippen LogP contribution in [0.4, 0.5) is 11.8 Å². The standard InChI is InChI=1S/C35H41N9O5/c1-2-26-41-42-33(48-26)30-29(47-22-45)28(46)34(49-30)44-21-38-27-31(39-35(40-32(27)44)36-16-19-43-17-10-5-11-18-43)37-20-25(23-12-6-3-7-13-23)24-14-8-4-9-15-24/h3-4,6-9,12-15,21-22,25,28-30,34,46H,2,5,10-11,16-20H2,1H3,(H2,36,37,39,40)/t28-,29+,30+,34-/m1/s1. The number of hydrogen-bond donors (Lipinski definition) is 3. The number of anilines is 2. The minimum absolute atomic E-state index is 0.0365. The number of hydrogen-bond acceptors (Lipinski definition) is 13. The van der Waals surface area contributed by atoms with Crippen LogP contribution in [0.5, 0.6) is 0 Å². The topological polar surface area (TPSA) is 166 Å². The van der Waals surface area contributed by atoms with Gasteiger partial charge in [-0.05, 0) is 37.1 Å². The molecule has 2 aliphatic heterocycles. The second-order valence-corrected chi connectivity index (χ2v) is 12.3. The zero-order chi connectivity index (χ0) is 33.6. The zero-order valence-electron chi connectivity index (χ0n) is 27.4. The molecule has 3 N–H and O–H groups in total. The molecule has 0 radical (unpaired) electrons. The monoisotopic (exact) mass is 667 g/mol. The SMILES string of the molecule is CCc1nnc([C@H]2O[C@@H](n3cnc4c(NCC(c5ccccc5)c5ccccc5)nc(NCCN5CCCCC5)nc43)[C@H](O)[C@@H]2OC=O)o1. The van der Waals surface area contributed by atoms with Crippen molar-refractivity contribution in [1.82, 2.24) is 34.6 Å². The summed E-state index contributed by atoms with van der Waals surface area (Å²) in [5, 5.41) is 26.5. The minimum Gasteiger partial charge on any atom is -0.458 e. The lowest BCUT2D eigenvalue weighted by atomic mass is 9.91. The first-order valence-electron chi connectivity index (χ1n) is 16.9. The number of carbonyl (C=O) groups excluding carboxylic acids is 1. The zero-order valence-corrected chi connectivity index (χ0v) is 27.4. The van der Waals surface area contributed by atoms with Gasteiger partial charge in [0.2, 0.25) is 17.7 Å². The number of nitrogens with one attached hydrogen (secondary N) is 2. The van der Waals surface area contributed by atoms with Gasteiger partial charge in [-0.3, -0.25) is 9.36 Å². The fourth-order valence-corrected chi connectivity index (χ4v) is 6.63. The molecule has 0 saturated carbocycles. The highest BCUT2D eigenvalue weighted by Gasteiger charge is 2.50. The van der Waals surface area contributed by atoms with E-state index < -0.39 is 24.5 Å². The fourth-order valence-electron chi connectivity index (χ4n) is 6.63. The van der Waals surface area contributed by atoms with E-state index in [1.807, 2.05) is 43.3 Å². The Kier molecular flexibility index (Phi) is 10.1. The van der Waals surface area contributed by atoms with Gasteiger partial charge >= 0.3 is 0 Å². The third-order valence-corrected chi connectivity index (χ3v) is 9.19. The van der Waals surface area contributed by atoms with Gasteiger partial charge in [-0.15, -0.1) is 10.2 Å². The second-order valence-electron chi connectivity index (χ2n) is 12.3. The van der Waals surface area contributed by atoms with Gasteiger partial charge in [0.05, 0.1) is 6.33 Å². The number of likely N-dealkylation sites (tertiary alicyclic amines) is 1. The molecule has 49 heavy (non-hydrogen) atoms. The molecule has 0 amide bonds. The number of ether oxygens (including phenoxy) is 2. The predicted molar refractivity (Wildman–Crippen MR) is 181 cm³/mol. The summed E-state index contributed by atoms with van der Waals surface area (Å²) >= 11 is 0. The summed E-state index contributed by atoms with van der Waals surface area (Å²) in [7, 11) is 0. The van der Waals surface area contributed by atoms with Gasteiger partial charge in [0, 0.05) is 32.0 Å². The molecule has 2 saturated heterocycles. The van der Waals surface area contributed by atoms with Gasteiger partial charge in [-0.25, -0.2) is 4.98 Å². The van der Waals surface area contributed by atoms with E-state index in [0.717, 1.165) is 19.6 Å². The molecule has 2 fully saturated rings. The number of fused-ring (bicyclic) bond motifs is 1. The molecule has 2 aromatic carbocycles. The summed E-state index contributed by atoms with van der Waals surface area (Å²) < 4.78 is 18.9. The van der Waals surface area contributed by atoms with Crippen molar-refractivity contribution in [3.63, 3.8) is 0 Å². The van der Waals surface area contributed by atoms with Gasteiger partial charge in [-0.2, -0.15) is 9.97 Å². The molecule has 14 heteroatoms. The number of piperidine rings is 1. The summed E-state index contributed by atoms with van der Waals surface area (Å²) in [6.07, 6.45) is 1.37. The van der Waals surface area contributed by atoms with Gasteiger partial charge in [0.25, 0.3) is 6.47 Å². The summed E-state index contributed by atoms with van der Waals surface area (Å²) in [6, 6.07) is 20.7. The van der Waals surface area contributed by atoms with Crippen molar-refractivity contribution < 1.29 is 23.8 Å². The summed E-state index contributed by atoms with van der Waals surface area (Å²) in [5.41, 5.74) is 3.26. The first-order chi connectivity index (χ1) is 24.1. The van der Waals surface area contributed by atoms with Crippen molar-refractivity contribution in [2.75, 3.05) is 43.4 Å². The highest BCUT2D eigenvalue weighted by Crippen LogP contribution is 2.41. The molecule has 7 rings (SSSR count). The maximum absolute atomic E-state index is 11.5. The maximum Gasteiger partial charge on any atom is 0.293 e. The molecule has 0 aliphatic carbocycles. The average Bonchev–Trinajstić information content (AvgIpc) is 3.88. The van der Waals surface area contributed by atoms with E-state index in [1.54, 1.807) is 10.9 Å².